The lowest BCUT2D eigenvalue weighted by molar-refractivity contribution is 0.276. The highest BCUT2D eigenvalue weighted by molar-refractivity contribution is 5.20. The van der Waals surface area contributed by atoms with Crippen LogP contribution in [0.4, 0.5) is 0 Å². The van der Waals surface area contributed by atoms with E-state index in [1.54, 1.807) is 0 Å². The van der Waals surface area contributed by atoms with Crippen molar-refractivity contribution in [3.05, 3.63) is 29.1 Å². The van der Waals surface area contributed by atoms with E-state index in [0.717, 1.165) is 11.3 Å². The van der Waals surface area contributed by atoms with E-state index in [-0.39, 0.29) is 6.61 Å². The van der Waals surface area contributed by atoms with Crippen molar-refractivity contribution in [2.24, 2.45) is 5.73 Å². The van der Waals surface area contributed by atoms with Crippen molar-refractivity contribution in [1.29, 1.82) is 0 Å². The first-order chi connectivity index (χ1) is 5.26. The molecule has 0 fully saturated rings. The van der Waals surface area contributed by atoms with Gasteiger partial charge in [-0.3, -0.25) is 4.98 Å². The SMILES string of the molecule is Cc1cc(CN)cc(CO)n1. The molecule has 0 aliphatic carbocycles. The number of nitrogens with two attached hydrogens (primary N) is 1. The van der Waals surface area contributed by atoms with E-state index in [9.17, 15) is 0 Å². The summed E-state index contributed by atoms with van der Waals surface area (Å²) < 4.78 is 0. The second-order valence-corrected chi connectivity index (χ2v) is 2.47. The predicted octanol–water partition coefficient (Wildman–Crippen LogP) is 0.341. The van der Waals surface area contributed by atoms with E-state index in [2.05, 4.69) is 4.98 Å². The number of aryl methyl sites for hydroxylation is 1. The summed E-state index contributed by atoms with van der Waals surface area (Å²) >= 11 is 0. The lowest BCUT2D eigenvalue weighted by Crippen LogP contribution is -2.00. The zero-order chi connectivity index (χ0) is 8.27. The Morgan fingerprint density at radius 3 is 2.82 bits per heavy atom. The molecule has 0 atom stereocenters. The van der Waals surface area contributed by atoms with Crippen LogP contribution in [0.1, 0.15) is 17.0 Å². The quantitative estimate of drug-likeness (QED) is 0.642. The van der Waals surface area contributed by atoms with Gasteiger partial charge in [0.2, 0.25) is 0 Å². The Morgan fingerprint density at radius 1 is 1.55 bits per heavy atom. The highest BCUT2D eigenvalue weighted by atomic mass is 16.3. The van der Waals surface area contributed by atoms with Crippen LogP contribution in [-0.2, 0) is 13.2 Å². The fraction of sp³-hybridized carbons (Fsp3) is 0.375. The van der Waals surface area contributed by atoms with Crippen molar-refractivity contribution in [2.75, 3.05) is 0 Å². The third kappa shape index (κ3) is 2.00. The highest BCUT2D eigenvalue weighted by Crippen LogP contribution is 2.04. The van der Waals surface area contributed by atoms with Crippen LogP contribution in [0.15, 0.2) is 12.1 Å². The van der Waals surface area contributed by atoms with Gasteiger partial charge in [0.05, 0.1) is 12.3 Å². The van der Waals surface area contributed by atoms with Crippen LogP contribution in [-0.4, -0.2) is 10.1 Å². The van der Waals surface area contributed by atoms with Crippen molar-refractivity contribution >= 4 is 0 Å². The molecule has 1 aromatic heterocycles. The Balaban J connectivity index is 3.02. The second kappa shape index (κ2) is 3.46. The van der Waals surface area contributed by atoms with Crippen molar-refractivity contribution < 1.29 is 5.11 Å². The summed E-state index contributed by atoms with van der Waals surface area (Å²) in [5.41, 5.74) is 8.03. The molecule has 0 bridgehead atoms. The summed E-state index contributed by atoms with van der Waals surface area (Å²) in [6.07, 6.45) is 0. The van der Waals surface area contributed by atoms with Crippen LogP contribution in [0, 0.1) is 6.92 Å². The minimum absolute atomic E-state index is 0.0192. The molecule has 0 saturated carbocycles. The van der Waals surface area contributed by atoms with E-state index in [1.165, 1.54) is 0 Å². The predicted molar refractivity (Wildman–Crippen MR) is 42.8 cm³/mol. The van der Waals surface area contributed by atoms with E-state index >= 15 is 0 Å². The number of pyridine rings is 1. The van der Waals surface area contributed by atoms with Gasteiger partial charge in [-0.2, -0.15) is 0 Å². The lowest BCUT2D eigenvalue weighted by atomic mass is 10.2. The van der Waals surface area contributed by atoms with Gasteiger partial charge in [0, 0.05) is 12.2 Å². The highest BCUT2D eigenvalue weighted by Gasteiger charge is 1.96. The van der Waals surface area contributed by atoms with Gasteiger partial charge in [-0.15, -0.1) is 0 Å². The number of hydrogen-bond donors (Lipinski definition) is 2. The number of aliphatic hydroxyl groups is 1. The molecule has 0 unspecified atom stereocenters. The molecule has 0 aromatic carbocycles. The third-order valence-corrected chi connectivity index (χ3v) is 1.46. The van der Waals surface area contributed by atoms with Gasteiger partial charge in [-0.1, -0.05) is 0 Å². The minimum atomic E-state index is -0.0192. The summed E-state index contributed by atoms with van der Waals surface area (Å²) in [4.78, 5) is 4.09. The molecule has 0 saturated heterocycles. The normalized spacial score (nSPS) is 10.1. The average molecular weight is 152 g/mol. The fourth-order valence-corrected chi connectivity index (χ4v) is 1.01. The maximum absolute atomic E-state index is 8.78. The molecular formula is C8H12N2O. The lowest BCUT2D eigenvalue weighted by Gasteiger charge is -2.01. The summed E-state index contributed by atoms with van der Waals surface area (Å²) in [6, 6.07) is 3.73. The first-order valence-corrected chi connectivity index (χ1v) is 3.53. The molecule has 0 aliphatic heterocycles. The largest absolute Gasteiger partial charge is 0.390 e. The number of nitrogens with zero attached hydrogens (tertiary/aromatic N) is 1. The van der Waals surface area contributed by atoms with Gasteiger partial charge in [0.25, 0.3) is 0 Å². The van der Waals surface area contributed by atoms with Gasteiger partial charge < -0.3 is 10.8 Å². The first-order valence-electron chi connectivity index (χ1n) is 3.53. The molecule has 0 aliphatic rings. The topological polar surface area (TPSA) is 59.1 Å². The van der Waals surface area contributed by atoms with Crippen LogP contribution in [0.25, 0.3) is 0 Å². The van der Waals surface area contributed by atoms with E-state index in [4.69, 9.17) is 10.8 Å². The summed E-state index contributed by atoms with van der Waals surface area (Å²) in [6.45, 7) is 2.36. The Kier molecular flexibility index (Phi) is 2.57. The molecule has 0 spiro atoms. The third-order valence-electron chi connectivity index (χ3n) is 1.46. The zero-order valence-corrected chi connectivity index (χ0v) is 6.54. The van der Waals surface area contributed by atoms with Gasteiger partial charge >= 0.3 is 0 Å². The number of aromatic nitrogens is 1. The van der Waals surface area contributed by atoms with Gasteiger partial charge in [0.1, 0.15) is 0 Å². The molecule has 1 heterocycles. The Morgan fingerprint density at radius 2 is 2.27 bits per heavy atom. The van der Waals surface area contributed by atoms with Crippen molar-refractivity contribution in [3.63, 3.8) is 0 Å². The molecule has 0 amide bonds. The van der Waals surface area contributed by atoms with Gasteiger partial charge in [-0.25, -0.2) is 0 Å². The fourth-order valence-electron chi connectivity index (χ4n) is 1.01. The maximum Gasteiger partial charge on any atom is 0.0853 e. The maximum atomic E-state index is 8.78. The molecular weight excluding hydrogens is 140 g/mol. The number of rotatable bonds is 2. The zero-order valence-electron chi connectivity index (χ0n) is 6.54. The van der Waals surface area contributed by atoms with E-state index < -0.39 is 0 Å². The second-order valence-electron chi connectivity index (χ2n) is 2.47. The van der Waals surface area contributed by atoms with Crippen LogP contribution >= 0.6 is 0 Å². The Hall–Kier alpha value is -0.930. The molecule has 11 heavy (non-hydrogen) atoms. The molecule has 60 valence electrons. The van der Waals surface area contributed by atoms with Gasteiger partial charge in [-0.05, 0) is 24.6 Å². The van der Waals surface area contributed by atoms with Gasteiger partial charge in [0.15, 0.2) is 0 Å². The molecule has 3 heteroatoms. The van der Waals surface area contributed by atoms with E-state index in [0.29, 0.717) is 12.2 Å². The monoisotopic (exact) mass is 152 g/mol. The number of aliphatic hydroxyl groups excluding tert-OH is 1. The standard InChI is InChI=1S/C8H12N2O/c1-6-2-7(4-9)3-8(5-11)10-6/h2-3,11H,4-5,9H2,1H3. The van der Waals surface area contributed by atoms with E-state index in [1.807, 2.05) is 19.1 Å². The van der Waals surface area contributed by atoms with Crippen molar-refractivity contribution in [2.45, 2.75) is 20.1 Å². The van der Waals surface area contributed by atoms with Crippen LogP contribution < -0.4 is 5.73 Å². The van der Waals surface area contributed by atoms with Crippen LogP contribution in [0.5, 0.6) is 0 Å². The summed E-state index contributed by atoms with van der Waals surface area (Å²) in [5, 5.41) is 8.78. The molecule has 1 rings (SSSR count). The molecule has 1 aromatic rings. The first kappa shape index (κ1) is 8.17. The van der Waals surface area contributed by atoms with Crippen molar-refractivity contribution in [1.82, 2.24) is 4.98 Å². The smallest absolute Gasteiger partial charge is 0.0853 e. The Bertz CT molecular complexity index is 226. The average Bonchev–Trinajstić information content (AvgIpc) is 2.03. The molecule has 3 N–H and O–H groups in total. The van der Waals surface area contributed by atoms with Crippen LogP contribution in [0.2, 0.25) is 0 Å². The summed E-state index contributed by atoms with van der Waals surface area (Å²) in [7, 11) is 0. The van der Waals surface area contributed by atoms with Crippen molar-refractivity contribution in [3.8, 4) is 0 Å². The van der Waals surface area contributed by atoms with Crippen LogP contribution in [0.3, 0.4) is 0 Å². The molecule has 3 nitrogen and oxygen atoms in total. The minimum Gasteiger partial charge on any atom is -0.390 e. The Labute approximate surface area is 65.9 Å². The molecule has 0 radical (unpaired) electrons. The number of hydrogen-bond acceptors (Lipinski definition) is 3. The summed E-state index contributed by atoms with van der Waals surface area (Å²) in [5.74, 6) is 0.